The fourth-order valence-corrected chi connectivity index (χ4v) is 1.55. The van der Waals surface area contributed by atoms with Crippen molar-refractivity contribution in [2.24, 2.45) is 0 Å². The Morgan fingerprint density at radius 2 is 1.94 bits per heavy atom. The molecule has 0 heterocycles. The van der Waals surface area contributed by atoms with E-state index >= 15 is 0 Å². The van der Waals surface area contributed by atoms with E-state index in [1.165, 1.54) is 12.1 Å². The number of hydrogen-bond donors (Lipinski definition) is 0. The Morgan fingerprint density at radius 1 is 1.38 bits per heavy atom. The molecule has 0 aliphatic heterocycles. The van der Waals surface area contributed by atoms with Crippen LogP contribution in [-0.2, 0) is 9.53 Å². The van der Waals surface area contributed by atoms with Crippen LogP contribution in [0.5, 0.6) is 0 Å². The first-order chi connectivity index (χ1) is 7.56. The molecular weight excluding hydrogens is 282 g/mol. The fourth-order valence-electron chi connectivity index (χ4n) is 1.29. The van der Waals surface area contributed by atoms with Gasteiger partial charge in [-0.05, 0) is 24.6 Å². The average molecular weight is 293 g/mol. The Bertz CT molecular complexity index is 352. The Kier molecular flexibility index (Phi) is 4.86. The van der Waals surface area contributed by atoms with Gasteiger partial charge in [0.1, 0.15) is 5.92 Å². The molecule has 1 aromatic carbocycles. The zero-order valence-electron chi connectivity index (χ0n) is 8.62. The van der Waals surface area contributed by atoms with E-state index in [1.54, 1.807) is 19.1 Å². The highest BCUT2D eigenvalue weighted by atomic mass is 79.9. The molecule has 0 spiro atoms. The highest BCUT2D eigenvalue weighted by Crippen LogP contribution is 2.26. The van der Waals surface area contributed by atoms with Crippen molar-refractivity contribution in [3.8, 4) is 0 Å². The summed E-state index contributed by atoms with van der Waals surface area (Å²) in [6.07, 6.45) is -2.76. The largest absolute Gasteiger partial charge is 0.465 e. The standard InChI is InChI=1S/C11H11BrF2O2/c1-2-16-11(15)9(10(13)14)7-3-5-8(12)6-4-7/h3-6,9-10H,2H2,1H3. The molecule has 0 aliphatic carbocycles. The smallest absolute Gasteiger partial charge is 0.319 e. The molecule has 0 fully saturated rings. The lowest BCUT2D eigenvalue weighted by molar-refractivity contribution is -0.148. The van der Waals surface area contributed by atoms with Crippen LogP contribution in [0.15, 0.2) is 28.7 Å². The molecule has 1 unspecified atom stereocenters. The summed E-state index contributed by atoms with van der Waals surface area (Å²) in [5.41, 5.74) is 0.261. The van der Waals surface area contributed by atoms with Crippen molar-refractivity contribution >= 4 is 21.9 Å². The number of alkyl halides is 2. The third kappa shape index (κ3) is 3.27. The highest BCUT2D eigenvalue weighted by molar-refractivity contribution is 9.10. The van der Waals surface area contributed by atoms with Gasteiger partial charge in [-0.2, -0.15) is 0 Å². The second-order valence-electron chi connectivity index (χ2n) is 3.12. The molecule has 1 rings (SSSR count). The lowest BCUT2D eigenvalue weighted by Crippen LogP contribution is -2.22. The van der Waals surface area contributed by atoms with Gasteiger partial charge in [-0.25, -0.2) is 8.78 Å². The minimum absolute atomic E-state index is 0.0958. The summed E-state index contributed by atoms with van der Waals surface area (Å²) >= 11 is 3.20. The van der Waals surface area contributed by atoms with Crippen LogP contribution >= 0.6 is 15.9 Å². The SMILES string of the molecule is CCOC(=O)C(c1ccc(Br)cc1)C(F)F. The number of hydrogen-bond acceptors (Lipinski definition) is 2. The van der Waals surface area contributed by atoms with Gasteiger partial charge < -0.3 is 4.74 Å². The number of ether oxygens (including phenoxy) is 1. The lowest BCUT2D eigenvalue weighted by atomic mass is 10.00. The normalized spacial score (nSPS) is 12.6. The molecule has 0 aliphatic rings. The van der Waals surface area contributed by atoms with Gasteiger partial charge in [-0.3, -0.25) is 4.79 Å². The van der Waals surface area contributed by atoms with Crippen LogP contribution in [-0.4, -0.2) is 19.0 Å². The van der Waals surface area contributed by atoms with Gasteiger partial charge in [-0.15, -0.1) is 0 Å². The third-order valence-electron chi connectivity index (χ3n) is 2.02. The van der Waals surface area contributed by atoms with Gasteiger partial charge in [0.05, 0.1) is 6.61 Å². The molecule has 0 bridgehead atoms. The molecular formula is C11H11BrF2O2. The summed E-state index contributed by atoms with van der Waals surface area (Å²) < 4.78 is 30.9. The predicted octanol–water partition coefficient (Wildman–Crippen LogP) is 3.36. The Hall–Kier alpha value is -0.970. The number of carbonyl (C=O) groups is 1. The number of carbonyl (C=O) groups excluding carboxylic acids is 1. The molecule has 16 heavy (non-hydrogen) atoms. The van der Waals surface area contributed by atoms with Gasteiger partial charge in [0.25, 0.3) is 6.43 Å². The van der Waals surface area contributed by atoms with Crippen molar-refractivity contribution in [3.05, 3.63) is 34.3 Å². The zero-order valence-corrected chi connectivity index (χ0v) is 10.2. The van der Waals surface area contributed by atoms with Crippen molar-refractivity contribution in [1.29, 1.82) is 0 Å². The van der Waals surface area contributed by atoms with Crippen LogP contribution in [0.1, 0.15) is 18.4 Å². The monoisotopic (exact) mass is 292 g/mol. The number of benzene rings is 1. The first kappa shape index (κ1) is 13.1. The maximum absolute atomic E-state index is 12.7. The van der Waals surface area contributed by atoms with E-state index in [1.807, 2.05) is 0 Å². The van der Waals surface area contributed by atoms with Crippen LogP contribution in [0.25, 0.3) is 0 Å². The predicted molar refractivity (Wildman–Crippen MR) is 59.5 cm³/mol. The second kappa shape index (κ2) is 5.94. The van der Waals surface area contributed by atoms with E-state index in [2.05, 4.69) is 20.7 Å². The molecule has 2 nitrogen and oxygen atoms in total. The molecule has 0 radical (unpaired) electrons. The molecule has 0 amide bonds. The summed E-state index contributed by atoms with van der Waals surface area (Å²) in [7, 11) is 0. The quantitative estimate of drug-likeness (QED) is 0.796. The molecule has 0 saturated heterocycles. The van der Waals surface area contributed by atoms with Crippen molar-refractivity contribution in [2.45, 2.75) is 19.3 Å². The Morgan fingerprint density at radius 3 is 2.38 bits per heavy atom. The fraction of sp³-hybridized carbons (Fsp3) is 0.364. The maximum Gasteiger partial charge on any atom is 0.319 e. The Labute approximate surface area is 101 Å². The van der Waals surface area contributed by atoms with Crippen LogP contribution in [0.3, 0.4) is 0 Å². The van der Waals surface area contributed by atoms with Gasteiger partial charge in [0.2, 0.25) is 0 Å². The minimum Gasteiger partial charge on any atom is -0.465 e. The molecule has 0 saturated carbocycles. The number of halogens is 3. The number of rotatable bonds is 4. The van der Waals surface area contributed by atoms with Crippen molar-refractivity contribution in [3.63, 3.8) is 0 Å². The van der Waals surface area contributed by atoms with E-state index in [0.717, 1.165) is 4.47 Å². The van der Waals surface area contributed by atoms with E-state index in [-0.39, 0.29) is 12.2 Å². The average Bonchev–Trinajstić information content (AvgIpc) is 2.21. The first-order valence-electron chi connectivity index (χ1n) is 4.76. The van der Waals surface area contributed by atoms with Crippen molar-refractivity contribution in [1.82, 2.24) is 0 Å². The van der Waals surface area contributed by atoms with E-state index in [9.17, 15) is 13.6 Å². The maximum atomic E-state index is 12.7. The second-order valence-corrected chi connectivity index (χ2v) is 4.03. The molecule has 88 valence electrons. The molecule has 1 aromatic rings. The van der Waals surface area contributed by atoms with Gasteiger partial charge in [0, 0.05) is 4.47 Å². The summed E-state index contributed by atoms with van der Waals surface area (Å²) in [4.78, 5) is 11.4. The molecule has 0 aromatic heterocycles. The van der Waals surface area contributed by atoms with Crippen LogP contribution < -0.4 is 0 Å². The van der Waals surface area contributed by atoms with Crippen molar-refractivity contribution < 1.29 is 18.3 Å². The molecule has 0 N–H and O–H groups in total. The third-order valence-corrected chi connectivity index (χ3v) is 2.55. The lowest BCUT2D eigenvalue weighted by Gasteiger charge is -2.14. The van der Waals surface area contributed by atoms with E-state index in [4.69, 9.17) is 0 Å². The molecule has 1 atom stereocenters. The summed E-state index contributed by atoms with van der Waals surface area (Å²) in [6.45, 7) is 1.68. The summed E-state index contributed by atoms with van der Waals surface area (Å²) in [6, 6.07) is 6.20. The molecule has 5 heteroatoms. The van der Waals surface area contributed by atoms with Crippen molar-refractivity contribution in [2.75, 3.05) is 6.61 Å². The van der Waals surface area contributed by atoms with E-state index in [0.29, 0.717) is 0 Å². The zero-order chi connectivity index (χ0) is 12.1. The van der Waals surface area contributed by atoms with Crippen LogP contribution in [0.4, 0.5) is 8.78 Å². The van der Waals surface area contributed by atoms with Crippen LogP contribution in [0, 0.1) is 0 Å². The number of esters is 1. The highest BCUT2D eigenvalue weighted by Gasteiger charge is 2.31. The van der Waals surface area contributed by atoms with Gasteiger partial charge in [-0.1, -0.05) is 28.1 Å². The first-order valence-corrected chi connectivity index (χ1v) is 5.55. The van der Waals surface area contributed by atoms with Gasteiger partial charge in [0.15, 0.2) is 0 Å². The summed E-state index contributed by atoms with van der Waals surface area (Å²) in [5, 5.41) is 0. The van der Waals surface area contributed by atoms with E-state index < -0.39 is 18.3 Å². The van der Waals surface area contributed by atoms with Crippen LogP contribution in [0.2, 0.25) is 0 Å². The Balaban J connectivity index is 2.93. The van der Waals surface area contributed by atoms with Gasteiger partial charge >= 0.3 is 5.97 Å². The minimum atomic E-state index is -2.76. The summed E-state index contributed by atoms with van der Waals surface area (Å²) in [5.74, 6) is -2.40. The topological polar surface area (TPSA) is 26.3 Å².